The number of hydrogen-bond acceptors (Lipinski definition) is 3. The van der Waals surface area contributed by atoms with Gasteiger partial charge in [-0.2, -0.15) is 0 Å². The van der Waals surface area contributed by atoms with Gasteiger partial charge in [-0.3, -0.25) is 9.69 Å². The Hall–Kier alpha value is -0.610. The van der Waals surface area contributed by atoms with Crippen LogP contribution in [0.4, 0.5) is 0 Å². The molecule has 1 fully saturated rings. The largest absolute Gasteiger partial charge is 0.352 e. The van der Waals surface area contributed by atoms with Crippen molar-refractivity contribution in [3.63, 3.8) is 0 Å². The zero-order chi connectivity index (χ0) is 15.1. The minimum Gasteiger partial charge on any atom is -0.352 e. The Kier molecular flexibility index (Phi) is 7.52. The number of carbonyl (C=O) groups is 1. The lowest BCUT2D eigenvalue weighted by Gasteiger charge is -2.34. The maximum Gasteiger partial charge on any atom is 0.234 e. The maximum absolute atomic E-state index is 12.0. The van der Waals surface area contributed by atoms with E-state index in [1.54, 1.807) is 0 Å². The second-order valence-electron chi connectivity index (χ2n) is 6.58. The fraction of sp³-hybridized carbons (Fsp3) is 0.938. The number of hydrogen-bond donors (Lipinski definition) is 2. The summed E-state index contributed by atoms with van der Waals surface area (Å²) in [5.41, 5.74) is 0. The monoisotopic (exact) mass is 283 g/mol. The Bertz CT molecular complexity index is 285. The number of carbonyl (C=O) groups excluding carboxylic acids is 1. The molecule has 1 saturated carbocycles. The molecule has 0 aromatic carbocycles. The minimum atomic E-state index is 0.155. The van der Waals surface area contributed by atoms with Crippen molar-refractivity contribution in [1.29, 1.82) is 0 Å². The fourth-order valence-corrected chi connectivity index (χ4v) is 2.83. The van der Waals surface area contributed by atoms with Crippen molar-refractivity contribution in [3.05, 3.63) is 0 Å². The molecule has 4 heteroatoms. The minimum absolute atomic E-state index is 0.155. The molecule has 0 aromatic rings. The Morgan fingerprint density at radius 1 is 1.20 bits per heavy atom. The van der Waals surface area contributed by atoms with E-state index in [0.29, 0.717) is 24.5 Å². The van der Waals surface area contributed by atoms with E-state index in [0.717, 1.165) is 6.54 Å². The summed E-state index contributed by atoms with van der Waals surface area (Å²) in [6.07, 6.45) is 4.85. The van der Waals surface area contributed by atoms with Gasteiger partial charge < -0.3 is 10.6 Å². The van der Waals surface area contributed by atoms with E-state index in [2.05, 4.69) is 50.3 Å². The third kappa shape index (κ3) is 5.80. The predicted molar refractivity (Wildman–Crippen MR) is 84.8 cm³/mol. The first-order valence-corrected chi connectivity index (χ1v) is 8.17. The van der Waals surface area contributed by atoms with Gasteiger partial charge in [0.25, 0.3) is 0 Å². The first kappa shape index (κ1) is 17.4. The number of nitrogens with zero attached hydrogens (tertiary/aromatic N) is 1. The summed E-state index contributed by atoms with van der Waals surface area (Å²) in [7, 11) is 2.08. The molecule has 118 valence electrons. The van der Waals surface area contributed by atoms with Gasteiger partial charge in [0.05, 0.1) is 6.54 Å². The standard InChI is InChI=1S/C16H33N3O/c1-6-17-14-7-9-15(10-8-14)19(5)11-16(20)18-13(4)12(2)3/h12-15,17H,6-11H2,1-5H3,(H,18,20). The van der Waals surface area contributed by atoms with Gasteiger partial charge in [-0.15, -0.1) is 0 Å². The summed E-state index contributed by atoms with van der Waals surface area (Å²) in [6.45, 7) is 10.1. The highest BCUT2D eigenvalue weighted by Crippen LogP contribution is 2.22. The van der Waals surface area contributed by atoms with E-state index in [1.807, 2.05) is 0 Å². The SMILES string of the molecule is CCNC1CCC(N(C)CC(=O)NC(C)C(C)C)CC1. The van der Waals surface area contributed by atoms with Gasteiger partial charge in [-0.25, -0.2) is 0 Å². The van der Waals surface area contributed by atoms with Gasteiger partial charge in [0.1, 0.15) is 0 Å². The molecule has 0 radical (unpaired) electrons. The molecule has 2 N–H and O–H groups in total. The smallest absolute Gasteiger partial charge is 0.234 e. The van der Waals surface area contributed by atoms with Crippen LogP contribution < -0.4 is 10.6 Å². The molecule has 1 aliphatic rings. The lowest BCUT2D eigenvalue weighted by atomic mass is 9.90. The lowest BCUT2D eigenvalue weighted by Crippen LogP contribution is -2.46. The van der Waals surface area contributed by atoms with E-state index in [4.69, 9.17) is 0 Å². The highest BCUT2D eigenvalue weighted by molar-refractivity contribution is 5.78. The molecule has 0 aliphatic heterocycles. The molecule has 0 heterocycles. The summed E-state index contributed by atoms with van der Waals surface area (Å²) in [5, 5.41) is 6.61. The van der Waals surface area contributed by atoms with Crippen molar-refractivity contribution in [2.75, 3.05) is 20.1 Å². The van der Waals surface area contributed by atoms with Crippen molar-refractivity contribution < 1.29 is 4.79 Å². The van der Waals surface area contributed by atoms with Gasteiger partial charge in [0.2, 0.25) is 5.91 Å². The molecule has 0 aromatic heterocycles. The van der Waals surface area contributed by atoms with Crippen molar-refractivity contribution in [2.45, 2.75) is 71.5 Å². The Morgan fingerprint density at radius 3 is 2.30 bits per heavy atom. The number of nitrogens with one attached hydrogen (secondary N) is 2. The van der Waals surface area contributed by atoms with Crippen LogP contribution in [0.2, 0.25) is 0 Å². The molecule has 1 atom stereocenters. The zero-order valence-corrected chi connectivity index (χ0v) is 13.9. The van der Waals surface area contributed by atoms with Gasteiger partial charge >= 0.3 is 0 Å². The zero-order valence-electron chi connectivity index (χ0n) is 13.9. The van der Waals surface area contributed by atoms with Gasteiger partial charge in [0, 0.05) is 18.1 Å². The second-order valence-corrected chi connectivity index (χ2v) is 6.58. The van der Waals surface area contributed by atoms with Crippen LogP contribution in [0.25, 0.3) is 0 Å². The molecule has 4 nitrogen and oxygen atoms in total. The normalized spacial score (nSPS) is 24.9. The first-order chi connectivity index (χ1) is 9.43. The molecular weight excluding hydrogens is 250 g/mol. The summed E-state index contributed by atoms with van der Waals surface area (Å²) >= 11 is 0. The van der Waals surface area contributed by atoms with Crippen LogP contribution >= 0.6 is 0 Å². The quantitative estimate of drug-likeness (QED) is 0.751. The highest BCUT2D eigenvalue weighted by atomic mass is 16.2. The van der Waals surface area contributed by atoms with Crippen LogP contribution in [0.5, 0.6) is 0 Å². The molecule has 0 spiro atoms. The Labute approximate surface area is 124 Å². The van der Waals surface area contributed by atoms with E-state index < -0.39 is 0 Å². The van der Waals surface area contributed by atoms with E-state index in [9.17, 15) is 4.79 Å². The highest BCUT2D eigenvalue weighted by Gasteiger charge is 2.24. The predicted octanol–water partition coefficient (Wildman–Crippen LogP) is 2.00. The summed E-state index contributed by atoms with van der Waals surface area (Å²) in [4.78, 5) is 14.2. The molecule has 0 saturated heterocycles. The van der Waals surface area contributed by atoms with Gasteiger partial charge in [-0.1, -0.05) is 20.8 Å². The van der Waals surface area contributed by atoms with Crippen LogP contribution in [0.1, 0.15) is 53.4 Å². The molecule has 1 aliphatic carbocycles. The maximum atomic E-state index is 12.0. The molecule has 1 rings (SSSR count). The molecular formula is C16H33N3O. The summed E-state index contributed by atoms with van der Waals surface area (Å²) in [5.74, 6) is 0.641. The third-order valence-electron chi connectivity index (χ3n) is 4.59. The van der Waals surface area contributed by atoms with E-state index >= 15 is 0 Å². The Morgan fingerprint density at radius 2 is 1.80 bits per heavy atom. The molecule has 0 bridgehead atoms. The summed E-state index contributed by atoms with van der Waals surface area (Å²) < 4.78 is 0. The van der Waals surface area contributed by atoms with Crippen LogP contribution in [0.15, 0.2) is 0 Å². The van der Waals surface area contributed by atoms with Crippen LogP contribution in [-0.4, -0.2) is 49.1 Å². The lowest BCUT2D eigenvalue weighted by molar-refractivity contribution is -0.123. The molecule has 1 amide bonds. The Balaban J connectivity index is 2.29. The topological polar surface area (TPSA) is 44.4 Å². The average Bonchev–Trinajstić information content (AvgIpc) is 2.39. The van der Waals surface area contributed by atoms with Crippen LogP contribution in [0, 0.1) is 5.92 Å². The summed E-state index contributed by atoms with van der Waals surface area (Å²) in [6, 6.07) is 1.49. The van der Waals surface area contributed by atoms with Gasteiger partial charge in [-0.05, 0) is 52.1 Å². The second kappa shape index (κ2) is 8.63. The molecule has 1 unspecified atom stereocenters. The number of likely N-dealkylation sites (N-methyl/N-ethyl adjacent to an activating group) is 1. The van der Waals surface area contributed by atoms with Crippen molar-refractivity contribution in [3.8, 4) is 0 Å². The average molecular weight is 283 g/mol. The fourth-order valence-electron chi connectivity index (χ4n) is 2.83. The van der Waals surface area contributed by atoms with E-state index in [-0.39, 0.29) is 11.9 Å². The van der Waals surface area contributed by atoms with Crippen LogP contribution in [0.3, 0.4) is 0 Å². The first-order valence-electron chi connectivity index (χ1n) is 8.17. The number of amides is 1. The van der Waals surface area contributed by atoms with Crippen LogP contribution in [-0.2, 0) is 4.79 Å². The van der Waals surface area contributed by atoms with Crippen molar-refractivity contribution in [2.24, 2.45) is 5.92 Å². The van der Waals surface area contributed by atoms with Crippen molar-refractivity contribution in [1.82, 2.24) is 15.5 Å². The third-order valence-corrected chi connectivity index (χ3v) is 4.59. The van der Waals surface area contributed by atoms with E-state index in [1.165, 1.54) is 25.7 Å². The molecule has 20 heavy (non-hydrogen) atoms. The van der Waals surface area contributed by atoms with Gasteiger partial charge in [0.15, 0.2) is 0 Å². The van der Waals surface area contributed by atoms with Crippen molar-refractivity contribution >= 4 is 5.91 Å². The number of rotatable bonds is 7.